The predicted molar refractivity (Wildman–Crippen MR) is 100.0 cm³/mol. The van der Waals surface area contributed by atoms with Gasteiger partial charge in [-0.3, -0.25) is 9.20 Å². The lowest BCUT2D eigenvalue weighted by molar-refractivity contribution is 0.0692. The van der Waals surface area contributed by atoms with Crippen LogP contribution in [0.25, 0.3) is 27.8 Å². The minimum atomic E-state index is -1.22. The normalized spacial score (nSPS) is 11.3. The van der Waals surface area contributed by atoms with Gasteiger partial charge in [0.2, 0.25) is 5.95 Å². The molecular formula is C20H16FN3O4. The molecule has 3 aromatic heterocycles. The molecule has 4 aromatic rings. The Hall–Kier alpha value is -3.68. The number of hydrogen-bond acceptors (Lipinski definition) is 4. The SMILES string of the molecule is Cc1cn2c(F)c(-c3ccc(-c4c(C)on(C)c4=O)cc3)cc2c(C(=O)O)n1. The Kier molecular flexibility index (Phi) is 3.92. The van der Waals surface area contributed by atoms with Crippen LogP contribution in [0.3, 0.4) is 0 Å². The second-order valence-corrected chi connectivity index (χ2v) is 6.54. The summed E-state index contributed by atoms with van der Waals surface area (Å²) in [4.78, 5) is 27.6. The Bertz CT molecular complexity index is 1300. The number of aryl methyl sites for hydroxylation is 3. The van der Waals surface area contributed by atoms with Crippen molar-refractivity contribution in [1.82, 2.24) is 14.1 Å². The largest absolute Gasteiger partial charge is 0.476 e. The third-order valence-corrected chi connectivity index (χ3v) is 4.63. The monoisotopic (exact) mass is 381 g/mol. The molecule has 1 N–H and O–H groups in total. The zero-order chi connectivity index (χ0) is 20.2. The van der Waals surface area contributed by atoms with Gasteiger partial charge in [-0.2, -0.15) is 9.13 Å². The first-order valence-electron chi connectivity index (χ1n) is 8.47. The van der Waals surface area contributed by atoms with Crippen LogP contribution in [0.15, 0.2) is 45.8 Å². The van der Waals surface area contributed by atoms with E-state index >= 15 is 0 Å². The van der Waals surface area contributed by atoms with Gasteiger partial charge in [-0.05, 0) is 31.0 Å². The summed E-state index contributed by atoms with van der Waals surface area (Å²) in [5.74, 6) is -1.31. The topological polar surface area (TPSA) is 89.7 Å². The maximum Gasteiger partial charge on any atom is 0.356 e. The van der Waals surface area contributed by atoms with E-state index in [9.17, 15) is 19.1 Å². The highest BCUT2D eigenvalue weighted by atomic mass is 19.1. The zero-order valence-electron chi connectivity index (χ0n) is 15.4. The molecule has 142 valence electrons. The van der Waals surface area contributed by atoms with E-state index in [1.807, 2.05) is 0 Å². The molecule has 0 amide bonds. The van der Waals surface area contributed by atoms with Crippen molar-refractivity contribution in [3.05, 3.63) is 70.0 Å². The van der Waals surface area contributed by atoms with E-state index in [1.54, 1.807) is 38.1 Å². The summed E-state index contributed by atoms with van der Waals surface area (Å²) in [7, 11) is 1.53. The Balaban J connectivity index is 1.85. The second kappa shape index (κ2) is 6.19. The molecule has 7 nitrogen and oxygen atoms in total. The predicted octanol–water partition coefficient (Wildman–Crippen LogP) is 3.41. The van der Waals surface area contributed by atoms with Crippen molar-refractivity contribution in [2.75, 3.05) is 0 Å². The fourth-order valence-corrected chi connectivity index (χ4v) is 3.36. The van der Waals surface area contributed by atoms with E-state index < -0.39 is 11.9 Å². The molecule has 28 heavy (non-hydrogen) atoms. The fraction of sp³-hybridized carbons (Fsp3) is 0.150. The van der Waals surface area contributed by atoms with Gasteiger partial charge in [-0.25, -0.2) is 9.78 Å². The van der Waals surface area contributed by atoms with Gasteiger partial charge in [-0.15, -0.1) is 0 Å². The molecule has 0 unspecified atom stereocenters. The first-order chi connectivity index (χ1) is 13.3. The molecule has 4 rings (SSSR count). The van der Waals surface area contributed by atoms with Gasteiger partial charge >= 0.3 is 5.97 Å². The van der Waals surface area contributed by atoms with Gasteiger partial charge in [0.25, 0.3) is 5.56 Å². The van der Waals surface area contributed by atoms with Gasteiger partial charge in [0.05, 0.1) is 16.8 Å². The van der Waals surface area contributed by atoms with E-state index in [0.717, 1.165) is 4.74 Å². The van der Waals surface area contributed by atoms with Crippen LogP contribution in [0.1, 0.15) is 21.9 Å². The van der Waals surface area contributed by atoms with Gasteiger partial charge in [-0.1, -0.05) is 24.3 Å². The molecule has 3 heterocycles. The number of benzene rings is 1. The minimum Gasteiger partial charge on any atom is -0.476 e. The highest BCUT2D eigenvalue weighted by Gasteiger charge is 2.20. The Labute approximate surface area is 158 Å². The number of nitrogens with zero attached hydrogens (tertiary/aromatic N) is 3. The van der Waals surface area contributed by atoms with Crippen molar-refractivity contribution in [2.45, 2.75) is 13.8 Å². The Morgan fingerprint density at radius 2 is 1.82 bits per heavy atom. The van der Waals surface area contributed by atoms with Crippen molar-refractivity contribution in [1.29, 1.82) is 0 Å². The molecule has 0 radical (unpaired) electrons. The molecule has 0 aliphatic carbocycles. The van der Waals surface area contributed by atoms with Crippen LogP contribution >= 0.6 is 0 Å². The number of rotatable bonds is 3. The average molecular weight is 381 g/mol. The van der Waals surface area contributed by atoms with Crippen LogP contribution < -0.4 is 5.56 Å². The Morgan fingerprint density at radius 1 is 1.18 bits per heavy atom. The number of carboxylic acid groups (broad SMARTS) is 1. The molecule has 0 saturated carbocycles. The summed E-state index contributed by atoms with van der Waals surface area (Å²) < 4.78 is 22.6. The van der Waals surface area contributed by atoms with E-state index in [0.29, 0.717) is 28.1 Å². The quantitative estimate of drug-likeness (QED) is 0.587. The molecule has 8 heteroatoms. The summed E-state index contributed by atoms with van der Waals surface area (Å²) in [6.45, 7) is 3.31. The lowest BCUT2D eigenvalue weighted by atomic mass is 10.0. The van der Waals surface area contributed by atoms with E-state index in [-0.39, 0.29) is 22.3 Å². The number of aromatic nitrogens is 3. The number of halogens is 1. The summed E-state index contributed by atoms with van der Waals surface area (Å²) in [6, 6.07) is 8.23. The molecule has 0 aliphatic heterocycles. The van der Waals surface area contributed by atoms with Crippen molar-refractivity contribution in [3.8, 4) is 22.3 Å². The van der Waals surface area contributed by atoms with Crippen LogP contribution in [-0.4, -0.2) is 25.2 Å². The Morgan fingerprint density at radius 3 is 2.39 bits per heavy atom. The summed E-state index contributed by atoms with van der Waals surface area (Å²) in [5.41, 5.74) is 2.02. The maximum absolute atomic E-state index is 15.0. The molecule has 0 bridgehead atoms. The minimum absolute atomic E-state index is 0.175. The van der Waals surface area contributed by atoms with Crippen molar-refractivity contribution < 1.29 is 18.8 Å². The molecule has 1 aromatic carbocycles. The van der Waals surface area contributed by atoms with Crippen LogP contribution in [-0.2, 0) is 7.05 Å². The van der Waals surface area contributed by atoms with Crippen LogP contribution in [0.2, 0.25) is 0 Å². The van der Waals surface area contributed by atoms with Gasteiger partial charge in [0.1, 0.15) is 5.76 Å². The van der Waals surface area contributed by atoms with Crippen molar-refractivity contribution in [2.24, 2.45) is 7.05 Å². The average Bonchev–Trinajstić information content (AvgIpc) is 3.11. The highest BCUT2D eigenvalue weighted by Crippen LogP contribution is 2.30. The van der Waals surface area contributed by atoms with Gasteiger partial charge < -0.3 is 9.63 Å². The van der Waals surface area contributed by atoms with Gasteiger partial charge in [0, 0.05) is 18.8 Å². The van der Waals surface area contributed by atoms with E-state index in [2.05, 4.69) is 4.98 Å². The number of fused-ring (bicyclic) bond motifs is 1. The molecule has 0 saturated heterocycles. The third kappa shape index (κ3) is 2.61. The lowest BCUT2D eigenvalue weighted by Gasteiger charge is -2.02. The molecule has 0 spiro atoms. The number of carboxylic acids is 1. The van der Waals surface area contributed by atoms with Crippen molar-refractivity contribution >= 4 is 11.5 Å². The number of hydrogen-bond donors (Lipinski definition) is 1. The molecule has 0 fully saturated rings. The molecule has 0 aliphatic rings. The first kappa shape index (κ1) is 17.7. The smallest absolute Gasteiger partial charge is 0.356 e. The summed E-state index contributed by atoms with van der Waals surface area (Å²) >= 11 is 0. The second-order valence-electron chi connectivity index (χ2n) is 6.54. The van der Waals surface area contributed by atoms with Crippen LogP contribution in [0, 0.1) is 19.8 Å². The number of aromatic carboxylic acids is 1. The van der Waals surface area contributed by atoms with E-state index in [4.69, 9.17) is 4.52 Å². The summed E-state index contributed by atoms with van der Waals surface area (Å²) in [5, 5.41) is 9.36. The van der Waals surface area contributed by atoms with Gasteiger partial charge in [0.15, 0.2) is 5.69 Å². The van der Waals surface area contributed by atoms with Crippen LogP contribution in [0.4, 0.5) is 4.39 Å². The van der Waals surface area contributed by atoms with Crippen LogP contribution in [0.5, 0.6) is 0 Å². The van der Waals surface area contributed by atoms with Crippen molar-refractivity contribution in [3.63, 3.8) is 0 Å². The third-order valence-electron chi connectivity index (χ3n) is 4.63. The highest BCUT2D eigenvalue weighted by molar-refractivity contribution is 5.94. The molecule has 0 atom stereocenters. The summed E-state index contributed by atoms with van der Waals surface area (Å²) in [6.07, 6.45) is 1.45. The fourth-order valence-electron chi connectivity index (χ4n) is 3.36. The lowest BCUT2D eigenvalue weighted by Crippen LogP contribution is -2.11. The van der Waals surface area contributed by atoms with E-state index in [1.165, 1.54) is 23.7 Å². The zero-order valence-corrected chi connectivity index (χ0v) is 15.4. The maximum atomic E-state index is 15.0. The number of carbonyl (C=O) groups is 1. The molecular weight excluding hydrogens is 365 g/mol. The first-order valence-corrected chi connectivity index (χ1v) is 8.47. The standard InChI is InChI=1S/C20H16FN3O4/c1-10-9-24-15(17(22-10)20(26)27)8-14(18(24)21)12-4-6-13(7-5-12)16-11(2)28-23(3)19(16)25/h4-9H,1-3H3,(H,26,27).